The molecule has 188 valence electrons. The molecule has 0 aromatic carbocycles. The van der Waals surface area contributed by atoms with Crippen molar-refractivity contribution in [1.82, 2.24) is 0 Å². The van der Waals surface area contributed by atoms with Crippen molar-refractivity contribution in [3.63, 3.8) is 0 Å². The molecule has 0 fully saturated rings. The maximum Gasteiger partial charge on any atom is 0.331 e. The first kappa shape index (κ1) is 29.6. The molecule has 0 amide bonds. The number of methoxy groups -OCH3 is 1. The number of rotatable bonds is 3. The Kier molecular flexibility index (Phi) is 14.8. The summed E-state index contributed by atoms with van der Waals surface area (Å²) in [5.41, 5.74) is 0.946. The van der Waals surface area contributed by atoms with E-state index in [1.165, 1.54) is 13.2 Å². The fraction of sp³-hybridized carbons (Fsp3) is 0.483. The summed E-state index contributed by atoms with van der Waals surface area (Å²) < 4.78 is 11.0. The molecule has 6 atom stereocenters. The van der Waals surface area contributed by atoms with Crippen molar-refractivity contribution in [2.45, 2.75) is 71.4 Å². The van der Waals surface area contributed by atoms with Crippen LogP contribution < -0.4 is 0 Å². The van der Waals surface area contributed by atoms with E-state index in [1.807, 2.05) is 69.4 Å². The number of aliphatic hydroxyl groups excluding tert-OH is 2. The Balaban J connectivity index is 3.12. The van der Waals surface area contributed by atoms with Crippen LogP contribution in [-0.2, 0) is 14.3 Å². The van der Waals surface area contributed by atoms with E-state index in [2.05, 4.69) is 13.0 Å². The Morgan fingerprint density at radius 2 is 1.79 bits per heavy atom. The molecule has 5 nitrogen and oxygen atoms in total. The van der Waals surface area contributed by atoms with E-state index in [1.54, 1.807) is 18.2 Å². The van der Waals surface area contributed by atoms with Crippen LogP contribution in [0.15, 0.2) is 84.6 Å². The molecule has 0 saturated carbocycles. The molecule has 1 rings (SSSR count). The summed E-state index contributed by atoms with van der Waals surface area (Å²) in [6.45, 7) is 7.94. The van der Waals surface area contributed by atoms with Gasteiger partial charge in [0.25, 0.3) is 0 Å². The van der Waals surface area contributed by atoms with Crippen LogP contribution in [0.3, 0.4) is 0 Å². The first-order valence-corrected chi connectivity index (χ1v) is 12.1. The van der Waals surface area contributed by atoms with Gasteiger partial charge in [-0.3, -0.25) is 0 Å². The minimum atomic E-state index is -1.06. The second-order valence-corrected chi connectivity index (χ2v) is 8.67. The van der Waals surface area contributed by atoms with Crippen molar-refractivity contribution < 1.29 is 24.5 Å². The second-order valence-electron chi connectivity index (χ2n) is 8.67. The van der Waals surface area contributed by atoms with Crippen molar-refractivity contribution in [2.75, 3.05) is 7.11 Å². The zero-order valence-corrected chi connectivity index (χ0v) is 21.2. The molecule has 0 spiro atoms. The van der Waals surface area contributed by atoms with E-state index in [-0.39, 0.29) is 12.0 Å². The Bertz CT molecular complexity index is 799. The molecule has 5 heteroatoms. The molecule has 0 aromatic heterocycles. The minimum absolute atomic E-state index is 0.223. The standard InChI is InChI=1S/C29H42O5/c1-6-7-17-25-18-9-8-10-19-26(33-5)29(32)28(31)24(4)16-12-15-22(2)13-11-14-23(3)20-21-27(30)34-25/h7-14,16-17,19-22,24-26,28-29,31-32H,6,15,18H2,1-5H3/b9-8-,13-11-,16-12-,17-7+,19-10-,21-20-,23-14-/t22-,24+,25-,26+,28+,29-/m0/s1. The van der Waals surface area contributed by atoms with E-state index in [9.17, 15) is 15.0 Å². The van der Waals surface area contributed by atoms with Gasteiger partial charge in [-0.05, 0) is 31.8 Å². The molecular formula is C29H42O5. The van der Waals surface area contributed by atoms with Gasteiger partial charge in [0.15, 0.2) is 0 Å². The normalized spacial score (nSPS) is 36.8. The summed E-state index contributed by atoms with van der Waals surface area (Å²) in [6.07, 6.45) is 23.3. The smallest absolute Gasteiger partial charge is 0.331 e. The number of hydrogen-bond acceptors (Lipinski definition) is 5. The van der Waals surface area contributed by atoms with E-state index < -0.39 is 24.3 Å². The van der Waals surface area contributed by atoms with Gasteiger partial charge in [-0.25, -0.2) is 4.79 Å². The summed E-state index contributed by atoms with van der Waals surface area (Å²) in [6, 6.07) is 0. The lowest BCUT2D eigenvalue weighted by Crippen LogP contribution is -2.40. The third kappa shape index (κ3) is 12.1. The highest BCUT2D eigenvalue weighted by molar-refractivity contribution is 5.82. The molecule has 34 heavy (non-hydrogen) atoms. The van der Waals surface area contributed by atoms with Crippen molar-refractivity contribution >= 4 is 5.97 Å². The van der Waals surface area contributed by atoms with Crippen molar-refractivity contribution in [3.8, 4) is 0 Å². The highest BCUT2D eigenvalue weighted by atomic mass is 16.5. The van der Waals surface area contributed by atoms with Crippen LogP contribution in [0, 0.1) is 11.8 Å². The van der Waals surface area contributed by atoms with Crippen LogP contribution in [-0.4, -0.2) is 47.7 Å². The van der Waals surface area contributed by atoms with Crippen LogP contribution in [0.25, 0.3) is 0 Å². The van der Waals surface area contributed by atoms with Crippen LogP contribution in [0.1, 0.15) is 47.0 Å². The number of carbonyl (C=O) groups excluding carboxylic acids is 1. The van der Waals surface area contributed by atoms with E-state index in [0.717, 1.165) is 18.4 Å². The van der Waals surface area contributed by atoms with E-state index >= 15 is 0 Å². The van der Waals surface area contributed by atoms with E-state index in [4.69, 9.17) is 9.47 Å². The third-order valence-electron chi connectivity index (χ3n) is 5.50. The van der Waals surface area contributed by atoms with Crippen LogP contribution in [0.2, 0.25) is 0 Å². The number of cyclic esters (lactones) is 1. The predicted molar refractivity (Wildman–Crippen MR) is 139 cm³/mol. The van der Waals surface area contributed by atoms with Crippen LogP contribution in [0.5, 0.6) is 0 Å². The van der Waals surface area contributed by atoms with Gasteiger partial charge in [0.2, 0.25) is 0 Å². The molecule has 0 bridgehead atoms. The largest absolute Gasteiger partial charge is 0.455 e. The summed E-state index contributed by atoms with van der Waals surface area (Å²) in [5, 5.41) is 21.2. The highest BCUT2D eigenvalue weighted by Crippen LogP contribution is 2.16. The summed E-state index contributed by atoms with van der Waals surface area (Å²) in [5.74, 6) is -0.314. The minimum Gasteiger partial charge on any atom is -0.455 e. The zero-order chi connectivity index (χ0) is 25.3. The highest BCUT2D eigenvalue weighted by Gasteiger charge is 2.27. The van der Waals surface area contributed by atoms with Crippen LogP contribution in [0.4, 0.5) is 0 Å². The molecule has 0 aliphatic carbocycles. The lowest BCUT2D eigenvalue weighted by atomic mass is 9.94. The quantitative estimate of drug-likeness (QED) is 0.427. The van der Waals surface area contributed by atoms with Crippen molar-refractivity contribution in [2.24, 2.45) is 11.8 Å². The second kappa shape index (κ2) is 17.0. The SMILES string of the molecule is CC/C=C/[C@H]1C/C=C\C=C/[C@@H](OC)[C@H](O)[C@H](O)[C@H](C)/C=C\C[C@@H](C)\C=C/C=C(C)\C=C/C(=O)O1. The van der Waals surface area contributed by atoms with Gasteiger partial charge < -0.3 is 19.7 Å². The Hall–Kier alpha value is -2.47. The van der Waals surface area contributed by atoms with Gasteiger partial charge in [0.1, 0.15) is 18.3 Å². The molecule has 2 N–H and O–H groups in total. The molecule has 0 radical (unpaired) electrons. The molecule has 0 aromatic rings. The maximum absolute atomic E-state index is 12.3. The van der Waals surface area contributed by atoms with Crippen LogP contribution >= 0.6 is 0 Å². The predicted octanol–water partition coefficient (Wildman–Crippen LogP) is 5.39. The molecule has 0 unspecified atom stereocenters. The zero-order valence-electron chi connectivity index (χ0n) is 21.2. The number of hydrogen-bond donors (Lipinski definition) is 2. The average molecular weight is 471 g/mol. The Morgan fingerprint density at radius 3 is 2.50 bits per heavy atom. The molecule has 0 saturated heterocycles. The van der Waals surface area contributed by atoms with Gasteiger partial charge in [-0.1, -0.05) is 93.2 Å². The van der Waals surface area contributed by atoms with Gasteiger partial charge in [0.05, 0.1) is 6.10 Å². The average Bonchev–Trinajstić information content (AvgIpc) is 2.81. The number of ether oxygens (including phenoxy) is 2. The number of allylic oxidation sites excluding steroid dienone is 9. The van der Waals surface area contributed by atoms with Gasteiger partial charge >= 0.3 is 5.97 Å². The summed E-state index contributed by atoms with van der Waals surface area (Å²) in [7, 11) is 1.50. The Morgan fingerprint density at radius 1 is 1.03 bits per heavy atom. The molecular weight excluding hydrogens is 428 g/mol. The topological polar surface area (TPSA) is 76.0 Å². The van der Waals surface area contributed by atoms with E-state index in [0.29, 0.717) is 12.3 Å². The molecule has 1 aliphatic rings. The number of aliphatic hydroxyl groups is 2. The summed E-state index contributed by atoms with van der Waals surface area (Å²) >= 11 is 0. The number of esters is 1. The van der Waals surface area contributed by atoms with Gasteiger partial charge in [-0.2, -0.15) is 0 Å². The third-order valence-corrected chi connectivity index (χ3v) is 5.50. The summed E-state index contributed by atoms with van der Waals surface area (Å²) in [4.78, 5) is 12.3. The van der Waals surface area contributed by atoms with Crippen molar-refractivity contribution in [1.29, 1.82) is 0 Å². The molecule has 1 heterocycles. The molecule has 1 aliphatic heterocycles. The van der Waals surface area contributed by atoms with Crippen molar-refractivity contribution in [3.05, 3.63) is 84.6 Å². The first-order valence-electron chi connectivity index (χ1n) is 12.1. The Labute approximate surface area is 205 Å². The first-order chi connectivity index (χ1) is 16.3. The van der Waals surface area contributed by atoms with Gasteiger partial charge in [-0.15, -0.1) is 0 Å². The maximum atomic E-state index is 12.3. The lowest BCUT2D eigenvalue weighted by molar-refractivity contribution is -0.140. The monoisotopic (exact) mass is 470 g/mol. The fourth-order valence-electron chi connectivity index (χ4n) is 3.30. The number of carbonyl (C=O) groups is 1. The fourth-order valence-corrected chi connectivity index (χ4v) is 3.30. The lowest BCUT2D eigenvalue weighted by Gasteiger charge is -2.26. The van der Waals surface area contributed by atoms with Gasteiger partial charge in [0, 0.05) is 25.5 Å².